The van der Waals surface area contributed by atoms with Gasteiger partial charge in [-0.2, -0.15) is 13.5 Å². The van der Waals surface area contributed by atoms with E-state index in [0.717, 1.165) is 31.6 Å². The van der Waals surface area contributed by atoms with Crippen molar-refractivity contribution < 1.29 is 19.4 Å². The molecule has 8 nitrogen and oxygen atoms in total. The van der Waals surface area contributed by atoms with Crippen molar-refractivity contribution in [3.05, 3.63) is 64.7 Å². The van der Waals surface area contributed by atoms with Gasteiger partial charge in [-0.1, -0.05) is 41.9 Å². The molecule has 1 atom stereocenters. The lowest BCUT2D eigenvalue weighted by atomic mass is 9.92. The molecule has 2 aliphatic heterocycles. The largest absolute Gasteiger partial charge is 0.383 e. The van der Waals surface area contributed by atoms with Crippen molar-refractivity contribution in [2.24, 2.45) is 0 Å². The fourth-order valence-electron chi connectivity index (χ4n) is 5.08. The highest BCUT2D eigenvalue weighted by Crippen LogP contribution is 2.29. The summed E-state index contributed by atoms with van der Waals surface area (Å²) in [6.07, 6.45) is 1.78. The molecule has 0 aliphatic carbocycles. The quantitative estimate of drug-likeness (QED) is 0.488. The Balaban J connectivity index is 0.00000400. The number of carbonyl (C=O) groups is 2. The molecular weight excluding hydrogens is 524 g/mol. The second kappa shape index (κ2) is 13.2. The minimum absolute atomic E-state index is 0. The first-order valence-electron chi connectivity index (χ1n) is 12.8. The van der Waals surface area contributed by atoms with Crippen LogP contribution in [0.25, 0.3) is 0 Å². The number of carbonyl (C=O) groups excluding carboxylic acids is 2. The summed E-state index contributed by atoms with van der Waals surface area (Å²) in [5.74, 6) is -0.359. The molecule has 2 saturated heterocycles. The van der Waals surface area contributed by atoms with E-state index in [-0.39, 0.29) is 25.3 Å². The van der Waals surface area contributed by atoms with Crippen molar-refractivity contribution in [2.75, 3.05) is 58.8 Å². The third-order valence-electron chi connectivity index (χ3n) is 7.48. The van der Waals surface area contributed by atoms with Crippen LogP contribution in [0.15, 0.2) is 48.5 Å². The number of aliphatic hydroxyl groups is 1. The van der Waals surface area contributed by atoms with Crippen molar-refractivity contribution in [2.45, 2.75) is 37.5 Å². The Morgan fingerprint density at radius 1 is 1.16 bits per heavy atom. The van der Waals surface area contributed by atoms with Crippen LogP contribution in [0.4, 0.5) is 5.69 Å². The molecule has 0 radical (unpaired) electrons. The number of hydrogen-bond donors (Lipinski definition) is 2. The molecule has 2 aromatic carbocycles. The molecule has 0 bridgehead atoms. The maximum absolute atomic E-state index is 13.0. The zero-order valence-corrected chi connectivity index (χ0v) is 24.1. The van der Waals surface area contributed by atoms with E-state index in [1.165, 1.54) is 0 Å². The van der Waals surface area contributed by atoms with Crippen LogP contribution < -0.4 is 5.32 Å². The predicted octanol–water partition coefficient (Wildman–Crippen LogP) is 3.17. The number of benzene rings is 2. The highest BCUT2D eigenvalue weighted by molar-refractivity contribution is 7.59. The lowest BCUT2D eigenvalue weighted by Crippen LogP contribution is -2.61. The minimum Gasteiger partial charge on any atom is -0.383 e. The zero-order valence-electron chi connectivity index (χ0n) is 22.3. The summed E-state index contributed by atoms with van der Waals surface area (Å²) in [7, 11) is 3.34. The van der Waals surface area contributed by atoms with Crippen molar-refractivity contribution in [1.29, 1.82) is 0 Å². The van der Waals surface area contributed by atoms with Crippen LogP contribution >= 0.6 is 25.1 Å². The molecule has 4 rings (SSSR count). The first-order valence-corrected chi connectivity index (χ1v) is 13.2. The monoisotopic (exact) mass is 562 g/mol. The van der Waals surface area contributed by atoms with Gasteiger partial charge in [0.1, 0.15) is 0 Å². The lowest BCUT2D eigenvalue weighted by Gasteiger charge is -2.48. The van der Waals surface area contributed by atoms with Crippen LogP contribution in [0.3, 0.4) is 0 Å². The van der Waals surface area contributed by atoms with Gasteiger partial charge < -0.3 is 25.0 Å². The Hall–Kier alpha value is -2.30. The highest BCUT2D eigenvalue weighted by atomic mass is 35.5. The average Bonchev–Trinajstić information content (AvgIpc) is 2.89. The molecule has 38 heavy (non-hydrogen) atoms. The third kappa shape index (κ3) is 6.82. The van der Waals surface area contributed by atoms with Crippen molar-refractivity contribution in [1.82, 2.24) is 14.7 Å². The number of likely N-dealkylation sites (N-methyl/N-ethyl adjacent to an activating group) is 1. The number of halogens is 1. The van der Waals surface area contributed by atoms with Crippen LogP contribution in [0.2, 0.25) is 5.02 Å². The van der Waals surface area contributed by atoms with E-state index in [1.54, 1.807) is 49.1 Å². The topological polar surface area (TPSA) is 85.4 Å². The summed E-state index contributed by atoms with van der Waals surface area (Å²) in [5.41, 5.74) is 0.484. The van der Waals surface area contributed by atoms with Crippen molar-refractivity contribution in [3.63, 3.8) is 0 Å². The summed E-state index contributed by atoms with van der Waals surface area (Å²) in [6, 6.07) is 15.3. The van der Waals surface area contributed by atoms with E-state index < -0.39 is 5.60 Å². The highest BCUT2D eigenvalue weighted by Gasteiger charge is 2.40. The Bertz CT molecular complexity index is 1090. The number of amides is 2. The van der Waals surface area contributed by atoms with Crippen LogP contribution in [-0.4, -0.2) is 97.2 Å². The summed E-state index contributed by atoms with van der Waals surface area (Å²) >= 11 is 6.43. The van der Waals surface area contributed by atoms with Crippen LogP contribution in [0.5, 0.6) is 0 Å². The number of methoxy groups -OCH3 is 1. The fourth-order valence-corrected chi connectivity index (χ4v) is 5.34. The smallest absolute Gasteiger partial charge is 0.258 e. The Morgan fingerprint density at radius 2 is 1.82 bits per heavy atom. The first-order chi connectivity index (χ1) is 17.7. The van der Waals surface area contributed by atoms with E-state index in [9.17, 15) is 14.7 Å². The number of likely N-dealkylation sites (tertiary alicyclic amines) is 2. The summed E-state index contributed by atoms with van der Waals surface area (Å²) in [5, 5.41) is 14.8. The van der Waals surface area contributed by atoms with Gasteiger partial charge in [0.2, 0.25) is 0 Å². The lowest BCUT2D eigenvalue weighted by molar-refractivity contribution is -0.152. The van der Waals surface area contributed by atoms with Gasteiger partial charge in [0.25, 0.3) is 11.8 Å². The molecule has 0 saturated carbocycles. The van der Waals surface area contributed by atoms with E-state index in [1.807, 2.05) is 30.3 Å². The standard InChI is InChI=1S/C28H37ClN4O4.H2S/c1-28(36,20-7-5-4-6-8-20)27(35)32-13-11-23(12-14-32)33-18-22(19-33)30-21-9-10-24(25(29)17-21)26(34)31(2)15-16-37-3;/h4-10,17,22-23,30,36H,11-16,18-19H2,1-3H3;1H2/t28-;/m0./s1. The molecule has 2 heterocycles. The van der Waals surface area contributed by atoms with E-state index >= 15 is 0 Å². The number of piperidine rings is 1. The zero-order chi connectivity index (χ0) is 26.6. The van der Waals surface area contributed by atoms with E-state index in [2.05, 4.69) is 10.2 Å². The maximum Gasteiger partial charge on any atom is 0.258 e. The average molecular weight is 563 g/mol. The molecule has 2 aromatic rings. The van der Waals surface area contributed by atoms with Crippen LogP contribution in [0.1, 0.15) is 35.7 Å². The van der Waals surface area contributed by atoms with Gasteiger partial charge >= 0.3 is 0 Å². The van der Waals surface area contributed by atoms with Crippen LogP contribution in [0, 0.1) is 0 Å². The molecule has 2 aliphatic rings. The molecule has 10 heteroatoms. The van der Waals surface area contributed by atoms with Crippen LogP contribution in [-0.2, 0) is 15.1 Å². The first kappa shape index (κ1) is 30.2. The molecule has 0 unspecified atom stereocenters. The van der Waals surface area contributed by atoms with Gasteiger partial charge in [-0.25, -0.2) is 0 Å². The fraction of sp³-hybridized carbons (Fsp3) is 0.500. The van der Waals surface area contributed by atoms with Gasteiger partial charge in [-0.3, -0.25) is 14.5 Å². The molecular formula is C28H39ClN4O4S. The molecule has 208 valence electrons. The Morgan fingerprint density at radius 3 is 2.42 bits per heavy atom. The molecule has 0 spiro atoms. The van der Waals surface area contributed by atoms with Gasteiger partial charge in [0.05, 0.1) is 23.2 Å². The Labute approximate surface area is 237 Å². The number of ether oxygens (including phenoxy) is 1. The predicted molar refractivity (Wildman–Crippen MR) is 155 cm³/mol. The van der Waals surface area contributed by atoms with Crippen molar-refractivity contribution >= 4 is 42.6 Å². The summed E-state index contributed by atoms with van der Waals surface area (Å²) in [6.45, 7) is 5.67. The minimum atomic E-state index is -1.51. The summed E-state index contributed by atoms with van der Waals surface area (Å²) in [4.78, 5) is 31.5. The number of nitrogens with zero attached hydrogens (tertiary/aromatic N) is 3. The molecule has 2 amide bonds. The van der Waals surface area contributed by atoms with Gasteiger partial charge in [0.15, 0.2) is 5.60 Å². The van der Waals surface area contributed by atoms with E-state index in [4.69, 9.17) is 16.3 Å². The van der Waals surface area contributed by atoms with Crippen molar-refractivity contribution in [3.8, 4) is 0 Å². The third-order valence-corrected chi connectivity index (χ3v) is 7.79. The molecule has 2 N–H and O–H groups in total. The van der Waals surface area contributed by atoms with Gasteiger partial charge in [-0.15, -0.1) is 0 Å². The number of anilines is 1. The SMILES string of the molecule is COCCN(C)C(=O)c1ccc(NC2CN(C3CCN(C(=O)[C@@](C)(O)c4ccccc4)CC3)C2)cc1Cl.S. The second-order valence-electron chi connectivity index (χ2n) is 10.2. The second-order valence-corrected chi connectivity index (χ2v) is 10.6. The van der Waals surface area contributed by atoms with E-state index in [0.29, 0.717) is 54.5 Å². The molecule has 0 aromatic heterocycles. The summed E-state index contributed by atoms with van der Waals surface area (Å²) < 4.78 is 5.04. The Kier molecular flexibility index (Phi) is 10.5. The van der Waals surface area contributed by atoms with Gasteiger partial charge in [0, 0.05) is 58.6 Å². The number of hydrogen-bond acceptors (Lipinski definition) is 6. The normalized spacial score (nSPS) is 18.2. The number of nitrogens with one attached hydrogen (secondary N) is 1. The van der Waals surface area contributed by atoms with Gasteiger partial charge in [-0.05, 0) is 43.5 Å². The molecule has 2 fully saturated rings. The maximum atomic E-state index is 13.0. The number of rotatable bonds is 9.